The maximum atomic E-state index is 6.04. The molecule has 0 saturated heterocycles. The van der Waals surface area contributed by atoms with E-state index in [-0.39, 0.29) is 0 Å². The summed E-state index contributed by atoms with van der Waals surface area (Å²) in [5, 5.41) is 1.78. The molecule has 1 heterocycles. The first kappa shape index (κ1) is 18.0. The van der Waals surface area contributed by atoms with Crippen molar-refractivity contribution in [1.82, 2.24) is 14.5 Å². The predicted octanol–water partition coefficient (Wildman–Crippen LogP) is 1.51. The molecule has 0 aromatic rings. The van der Waals surface area contributed by atoms with Crippen LogP contribution in [0.25, 0.3) is 24.1 Å². The molecule has 0 bridgehead atoms. The molecule has 0 aromatic carbocycles. The van der Waals surface area contributed by atoms with E-state index in [2.05, 4.69) is 48.2 Å². The number of fused-ring (bicyclic) bond motifs is 1. The highest BCUT2D eigenvalue weighted by Crippen LogP contribution is 2.11. The first-order valence-corrected chi connectivity index (χ1v) is 8.66. The highest BCUT2D eigenvalue weighted by Gasteiger charge is 2.09. The molecule has 24 heavy (non-hydrogen) atoms. The third-order valence-corrected chi connectivity index (χ3v) is 4.15. The minimum absolute atomic E-state index is 0.336. The Morgan fingerprint density at radius 1 is 1.17 bits per heavy atom. The lowest BCUT2D eigenvalue weighted by Gasteiger charge is -2.13. The van der Waals surface area contributed by atoms with E-state index >= 15 is 0 Å². The Morgan fingerprint density at radius 2 is 1.88 bits per heavy atom. The molecule has 2 rings (SSSR count). The largest absolute Gasteiger partial charge is 0.453 e. The molecule has 0 saturated carbocycles. The van der Waals surface area contributed by atoms with Gasteiger partial charge in [0, 0.05) is 19.2 Å². The summed E-state index contributed by atoms with van der Waals surface area (Å²) in [5.74, 6) is 0.710. The molecule has 0 N–H and O–H groups in total. The van der Waals surface area contributed by atoms with Crippen LogP contribution in [0.2, 0.25) is 0 Å². The third kappa shape index (κ3) is 4.13. The molecule has 0 atom stereocenters. The zero-order valence-electron chi connectivity index (χ0n) is 15.1. The summed E-state index contributed by atoms with van der Waals surface area (Å²) >= 11 is 0. The van der Waals surface area contributed by atoms with Gasteiger partial charge in [0.2, 0.25) is 5.36 Å². The van der Waals surface area contributed by atoms with Crippen molar-refractivity contribution >= 4 is 12.7 Å². The predicted molar refractivity (Wildman–Crippen MR) is 99.7 cm³/mol. The van der Waals surface area contributed by atoms with Gasteiger partial charge in [-0.2, -0.15) is 0 Å². The summed E-state index contributed by atoms with van der Waals surface area (Å²) in [6.07, 6.45) is 5.88. The fraction of sp³-hybridized carbons (Fsp3) is 0.400. The molecule has 0 spiro atoms. The monoisotopic (exact) mass is 325 g/mol. The SMILES string of the molecule is [CH]=c1oc2cc(=[N+](CC)CC)ccc-2n/c1=C/C=C/N(CC)CC. The van der Waals surface area contributed by atoms with Gasteiger partial charge < -0.3 is 9.32 Å². The van der Waals surface area contributed by atoms with Gasteiger partial charge in [0.05, 0.1) is 6.07 Å². The van der Waals surface area contributed by atoms with E-state index in [4.69, 9.17) is 11.0 Å². The van der Waals surface area contributed by atoms with Crippen LogP contribution in [0.15, 0.2) is 34.9 Å². The second-order valence-corrected chi connectivity index (χ2v) is 5.52. The summed E-state index contributed by atoms with van der Waals surface area (Å²) in [6, 6.07) is 6.06. The van der Waals surface area contributed by atoms with Crippen LogP contribution in [-0.2, 0) is 0 Å². The Hall–Kier alpha value is -2.36. The van der Waals surface area contributed by atoms with Crippen molar-refractivity contribution in [2.75, 3.05) is 26.2 Å². The van der Waals surface area contributed by atoms with E-state index in [1.165, 1.54) is 0 Å². The zero-order valence-corrected chi connectivity index (χ0v) is 15.1. The number of rotatable bonds is 6. The van der Waals surface area contributed by atoms with Crippen LogP contribution in [0.3, 0.4) is 0 Å². The number of aromatic nitrogens is 1. The first-order chi connectivity index (χ1) is 11.6. The van der Waals surface area contributed by atoms with E-state index in [9.17, 15) is 0 Å². The normalized spacial score (nSPS) is 12.2. The van der Waals surface area contributed by atoms with Crippen LogP contribution in [-0.4, -0.2) is 36.1 Å². The Labute approximate surface area is 144 Å². The van der Waals surface area contributed by atoms with Crippen molar-refractivity contribution in [3.05, 3.63) is 46.6 Å². The zero-order chi connectivity index (χ0) is 17.5. The average molecular weight is 325 g/mol. The molecule has 1 aliphatic heterocycles. The van der Waals surface area contributed by atoms with Gasteiger partial charge in [-0.05, 0) is 58.7 Å². The maximum absolute atomic E-state index is 6.04. The van der Waals surface area contributed by atoms with Crippen molar-refractivity contribution in [2.24, 2.45) is 0 Å². The Bertz CT molecular complexity index is 838. The van der Waals surface area contributed by atoms with Crippen LogP contribution >= 0.6 is 0 Å². The van der Waals surface area contributed by atoms with Crippen LogP contribution in [0.5, 0.6) is 0 Å². The Balaban J connectivity index is 2.49. The average Bonchev–Trinajstić information content (AvgIpc) is 2.60. The maximum Gasteiger partial charge on any atom is 0.203 e. The fourth-order valence-electron chi connectivity index (χ4n) is 2.63. The number of nitrogens with zero attached hydrogens (tertiary/aromatic N) is 3. The summed E-state index contributed by atoms with van der Waals surface area (Å²) in [4.78, 5) is 6.81. The van der Waals surface area contributed by atoms with E-state index in [0.29, 0.717) is 16.5 Å². The van der Waals surface area contributed by atoms with Crippen LogP contribution in [0.4, 0.5) is 0 Å². The number of hydrogen-bond donors (Lipinski definition) is 0. The van der Waals surface area contributed by atoms with Gasteiger partial charge in [-0.3, -0.25) is 0 Å². The molecule has 2 aliphatic rings. The molecular formula is C20H27N3O+. The third-order valence-electron chi connectivity index (χ3n) is 4.15. The second kappa shape index (κ2) is 8.48. The molecule has 4 heteroatoms. The molecule has 0 aromatic heterocycles. The standard InChI is InChI=1S/C20H27N3O/c1-6-22(7-2)14-10-11-18-16(5)24-20-15-17(23(8-3)9-4)12-13-19(20)21-18/h5,10-15H,6-9H2,1-4H3/q+1. The van der Waals surface area contributed by atoms with Gasteiger partial charge in [-0.25, -0.2) is 9.56 Å². The van der Waals surface area contributed by atoms with Gasteiger partial charge in [0.15, 0.2) is 11.2 Å². The first-order valence-electron chi connectivity index (χ1n) is 8.66. The number of hydrogen-bond acceptors (Lipinski definition) is 3. The van der Waals surface area contributed by atoms with Crippen molar-refractivity contribution in [1.29, 1.82) is 0 Å². The lowest BCUT2D eigenvalue weighted by atomic mass is 10.2. The molecule has 0 unspecified atom stereocenters. The van der Waals surface area contributed by atoms with Crippen LogP contribution in [0, 0.1) is 0 Å². The Kier molecular flexibility index (Phi) is 6.36. The van der Waals surface area contributed by atoms with Crippen molar-refractivity contribution < 1.29 is 4.42 Å². The quantitative estimate of drug-likeness (QED) is 0.755. The lowest BCUT2D eigenvalue weighted by molar-refractivity contribution is 0.419. The van der Waals surface area contributed by atoms with Gasteiger partial charge in [-0.15, -0.1) is 0 Å². The minimum Gasteiger partial charge on any atom is -0.453 e. The smallest absolute Gasteiger partial charge is 0.203 e. The topological polar surface area (TPSA) is 32.3 Å². The van der Waals surface area contributed by atoms with Crippen LogP contribution in [0.1, 0.15) is 27.7 Å². The van der Waals surface area contributed by atoms with E-state index in [0.717, 1.165) is 37.2 Å². The van der Waals surface area contributed by atoms with E-state index in [1.807, 2.05) is 30.5 Å². The lowest BCUT2D eigenvalue weighted by Crippen LogP contribution is -2.31. The Morgan fingerprint density at radius 3 is 2.50 bits per heavy atom. The molecule has 4 nitrogen and oxygen atoms in total. The molecule has 1 radical (unpaired) electrons. The summed E-state index contributed by atoms with van der Waals surface area (Å²) in [7, 11) is 0. The second-order valence-electron chi connectivity index (χ2n) is 5.52. The van der Waals surface area contributed by atoms with Crippen molar-refractivity contribution in [3.8, 4) is 11.5 Å². The highest BCUT2D eigenvalue weighted by atomic mass is 16.3. The molecule has 0 amide bonds. The van der Waals surface area contributed by atoms with Crippen molar-refractivity contribution in [3.63, 3.8) is 0 Å². The molecule has 0 fully saturated rings. The summed E-state index contributed by atoms with van der Waals surface area (Å²) in [5.41, 5.74) is 1.14. The van der Waals surface area contributed by atoms with Gasteiger partial charge in [-0.1, -0.05) is 0 Å². The molecule has 1 aliphatic carbocycles. The van der Waals surface area contributed by atoms with Gasteiger partial charge >= 0.3 is 0 Å². The molecular weight excluding hydrogens is 298 g/mol. The van der Waals surface area contributed by atoms with E-state index < -0.39 is 0 Å². The number of allylic oxidation sites excluding steroid dienone is 1. The fourth-order valence-corrected chi connectivity index (χ4v) is 2.63. The minimum atomic E-state index is 0.336. The van der Waals surface area contributed by atoms with Gasteiger partial charge in [0.25, 0.3) is 0 Å². The molecule has 127 valence electrons. The van der Waals surface area contributed by atoms with E-state index in [1.54, 1.807) is 0 Å². The summed E-state index contributed by atoms with van der Waals surface area (Å²) < 4.78 is 8.05. The van der Waals surface area contributed by atoms with Crippen molar-refractivity contribution in [2.45, 2.75) is 27.7 Å². The number of benzene rings is 1. The van der Waals surface area contributed by atoms with Gasteiger partial charge in [0.1, 0.15) is 24.1 Å². The highest BCUT2D eigenvalue weighted by molar-refractivity contribution is 5.53. The van der Waals surface area contributed by atoms with Crippen LogP contribution < -0.4 is 20.7 Å². The summed E-state index contributed by atoms with van der Waals surface area (Å²) in [6.45, 7) is 18.4.